The fraction of sp³-hybridized carbons (Fsp3) is 0.130. The molecule has 0 spiro atoms. The Hall–Kier alpha value is -3.42. The van der Waals surface area contributed by atoms with Gasteiger partial charge in [-0.05, 0) is 29.8 Å². The van der Waals surface area contributed by atoms with Crippen molar-refractivity contribution in [3.8, 4) is 0 Å². The Labute approximate surface area is 194 Å². The molecule has 0 bridgehead atoms. The van der Waals surface area contributed by atoms with Crippen molar-refractivity contribution >= 4 is 46.8 Å². The first-order valence-electron chi connectivity index (χ1n) is 9.53. The van der Waals surface area contributed by atoms with Crippen molar-refractivity contribution in [3.63, 3.8) is 0 Å². The summed E-state index contributed by atoms with van der Waals surface area (Å²) in [5.41, 5.74) is 1.32. The molecule has 164 valence electrons. The van der Waals surface area contributed by atoms with Crippen molar-refractivity contribution in [1.82, 2.24) is 10.3 Å². The molecule has 0 radical (unpaired) electrons. The Morgan fingerprint density at radius 1 is 1.00 bits per heavy atom. The molecular weight excluding hydrogens is 453 g/mol. The molecule has 0 unspecified atom stereocenters. The molecule has 7 nitrogen and oxygen atoms in total. The van der Waals surface area contributed by atoms with Crippen molar-refractivity contribution in [2.75, 3.05) is 18.5 Å². The maximum Gasteiger partial charge on any atom is 0.407 e. The summed E-state index contributed by atoms with van der Waals surface area (Å²) in [5.74, 6) is -0.829. The summed E-state index contributed by atoms with van der Waals surface area (Å²) in [6.45, 7) is -0.284. The van der Waals surface area contributed by atoms with Crippen LogP contribution < -0.4 is 10.2 Å². The van der Waals surface area contributed by atoms with E-state index in [4.69, 9.17) is 27.9 Å². The van der Waals surface area contributed by atoms with E-state index in [1.54, 1.807) is 18.2 Å². The Kier molecular flexibility index (Phi) is 7.81. The minimum absolute atomic E-state index is 0.0620. The fourth-order valence-corrected chi connectivity index (χ4v) is 3.14. The number of nitrogens with zero attached hydrogens (tertiary/aromatic N) is 2. The zero-order chi connectivity index (χ0) is 23.1. The number of halogens is 2. The summed E-state index contributed by atoms with van der Waals surface area (Å²) in [4.78, 5) is 42.8. The number of hydrogen-bond acceptors (Lipinski definition) is 5. The number of nitrogens with one attached hydrogen (secondary N) is 1. The molecule has 2 aromatic carbocycles. The smallest absolute Gasteiger partial charge is 0.407 e. The van der Waals surface area contributed by atoms with Crippen LogP contribution in [0, 0.1) is 0 Å². The first-order valence-corrected chi connectivity index (χ1v) is 10.3. The van der Waals surface area contributed by atoms with Crippen LogP contribution in [0.5, 0.6) is 0 Å². The van der Waals surface area contributed by atoms with Crippen LogP contribution >= 0.6 is 23.2 Å². The van der Waals surface area contributed by atoms with Crippen LogP contribution in [0.1, 0.15) is 21.5 Å². The van der Waals surface area contributed by atoms with Crippen molar-refractivity contribution in [3.05, 3.63) is 93.6 Å². The van der Waals surface area contributed by atoms with Gasteiger partial charge in [0.2, 0.25) is 5.91 Å². The lowest BCUT2D eigenvalue weighted by Gasteiger charge is -2.19. The fourth-order valence-electron chi connectivity index (χ4n) is 2.80. The van der Waals surface area contributed by atoms with Crippen molar-refractivity contribution < 1.29 is 19.1 Å². The number of carbonyl (C=O) groups excluding carboxylic acids is 3. The molecular formula is C23H19Cl2N3O4. The molecule has 0 atom stereocenters. The summed E-state index contributed by atoms with van der Waals surface area (Å²) in [7, 11) is 1.44. The number of benzene rings is 2. The van der Waals surface area contributed by atoms with Gasteiger partial charge < -0.3 is 10.1 Å². The lowest BCUT2D eigenvalue weighted by molar-refractivity contribution is -0.117. The van der Waals surface area contributed by atoms with Crippen molar-refractivity contribution in [1.29, 1.82) is 0 Å². The van der Waals surface area contributed by atoms with E-state index in [2.05, 4.69) is 10.3 Å². The van der Waals surface area contributed by atoms with E-state index in [0.717, 1.165) is 10.5 Å². The van der Waals surface area contributed by atoms with Gasteiger partial charge in [0.15, 0.2) is 5.78 Å². The Balaban J connectivity index is 1.67. The normalized spacial score (nSPS) is 10.3. The average molecular weight is 472 g/mol. The third-order valence-electron chi connectivity index (χ3n) is 4.46. The van der Waals surface area contributed by atoms with Gasteiger partial charge in [0.25, 0.3) is 0 Å². The number of ketones is 1. The number of carbonyl (C=O) groups is 3. The number of aromatic nitrogens is 1. The third kappa shape index (κ3) is 6.06. The summed E-state index contributed by atoms with van der Waals surface area (Å²) >= 11 is 12.0. The second-order valence-corrected chi connectivity index (χ2v) is 7.54. The van der Waals surface area contributed by atoms with Gasteiger partial charge in [0, 0.05) is 17.6 Å². The molecule has 1 heterocycles. The van der Waals surface area contributed by atoms with E-state index < -0.39 is 12.0 Å². The number of likely N-dealkylation sites (N-methyl/N-ethyl adjacent to an activating group) is 1. The molecule has 2 amide bonds. The standard InChI is InChI=1S/C23H19Cl2N3O4/c1-28(20(29)13-26-23(31)32-14-15-6-3-2-4-7-15)22-18(10-11-19(25)27-22)21(30)16-8-5-9-17(24)12-16/h2-12H,13-14H2,1H3,(H,26,31). The Bertz CT molecular complexity index is 1140. The minimum Gasteiger partial charge on any atom is -0.445 e. The highest BCUT2D eigenvalue weighted by atomic mass is 35.5. The number of alkyl carbamates (subject to hydrolysis) is 1. The maximum absolute atomic E-state index is 13.0. The van der Waals surface area contributed by atoms with Gasteiger partial charge in [-0.15, -0.1) is 0 Å². The average Bonchev–Trinajstić information content (AvgIpc) is 2.80. The summed E-state index contributed by atoms with van der Waals surface area (Å²) in [6, 6.07) is 18.5. The number of anilines is 1. The van der Waals surface area contributed by atoms with Gasteiger partial charge in [-0.2, -0.15) is 0 Å². The Morgan fingerprint density at radius 3 is 2.47 bits per heavy atom. The highest BCUT2D eigenvalue weighted by Gasteiger charge is 2.22. The first kappa shape index (κ1) is 23.2. The van der Waals surface area contributed by atoms with Crippen molar-refractivity contribution in [2.24, 2.45) is 0 Å². The number of ether oxygens (including phenoxy) is 1. The molecule has 3 aromatic rings. The van der Waals surface area contributed by atoms with Crippen LogP contribution in [-0.4, -0.2) is 36.4 Å². The minimum atomic E-state index is -0.745. The molecule has 1 N–H and O–H groups in total. The van der Waals surface area contributed by atoms with E-state index in [-0.39, 0.29) is 35.5 Å². The molecule has 0 aliphatic heterocycles. The summed E-state index contributed by atoms with van der Waals surface area (Å²) < 4.78 is 5.09. The van der Waals surface area contributed by atoms with Crippen LogP contribution in [-0.2, 0) is 16.1 Å². The molecule has 9 heteroatoms. The molecule has 0 aliphatic rings. The first-order chi connectivity index (χ1) is 15.3. The highest BCUT2D eigenvalue weighted by molar-refractivity contribution is 6.31. The van der Waals surface area contributed by atoms with E-state index in [9.17, 15) is 14.4 Å². The van der Waals surface area contributed by atoms with Gasteiger partial charge in [-0.25, -0.2) is 9.78 Å². The predicted octanol–water partition coefficient (Wildman–Crippen LogP) is 4.51. The molecule has 0 aliphatic carbocycles. The predicted molar refractivity (Wildman–Crippen MR) is 122 cm³/mol. The SMILES string of the molecule is CN(C(=O)CNC(=O)OCc1ccccc1)c1nc(Cl)ccc1C(=O)c1cccc(Cl)c1. The maximum atomic E-state index is 13.0. The molecule has 3 rings (SSSR count). The van der Waals surface area contributed by atoms with E-state index in [1.165, 1.54) is 25.2 Å². The number of pyridine rings is 1. The highest BCUT2D eigenvalue weighted by Crippen LogP contribution is 2.24. The Morgan fingerprint density at radius 2 is 1.75 bits per heavy atom. The molecule has 0 fully saturated rings. The van der Waals surface area contributed by atoms with Crippen LogP contribution in [0.2, 0.25) is 10.2 Å². The van der Waals surface area contributed by atoms with Gasteiger partial charge >= 0.3 is 6.09 Å². The second-order valence-electron chi connectivity index (χ2n) is 6.71. The lowest BCUT2D eigenvalue weighted by Crippen LogP contribution is -2.39. The topological polar surface area (TPSA) is 88.6 Å². The van der Waals surface area contributed by atoms with Gasteiger partial charge in [0.05, 0.1) is 5.56 Å². The van der Waals surface area contributed by atoms with Gasteiger partial charge in [-0.3, -0.25) is 14.5 Å². The summed E-state index contributed by atoms with van der Waals surface area (Å²) in [6.07, 6.45) is -0.745. The molecule has 0 saturated heterocycles. The van der Waals surface area contributed by atoms with E-state index >= 15 is 0 Å². The van der Waals surface area contributed by atoms with Gasteiger partial charge in [-0.1, -0.05) is 65.7 Å². The second kappa shape index (κ2) is 10.7. The van der Waals surface area contributed by atoms with Crippen molar-refractivity contribution in [2.45, 2.75) is 6.61 Å². The largest absolute Gasteiger partial charge is 0.445 e. The van der Waals surface area contributed by atoms with Crippen LogP contribution in [0.3, 0.4) is 0 Å². The zero-order valence-corrected chi connectivity index (χ0v) is 18.6. The van der Waals surface area contributed by atoms with Gasteiger partial charge in [0.1, 0.15) is 24.1 Å². The van der Waals surface area contributed by atoms with E-state index in [1.807, 2.05) is 30.3 Å². The number of rotatable bonds is 7. The molecule has 1 aromatic heterocycles. The van der Waals surface area contributed by atoms with E-state index in [0.29, 0.717) is 10.6 Å². The zero-order valence-electron chi connectivity index (χ0n) is 17.0. The molecule has 32 heavy (non-hydrogen) atoms. The van der Waals surface area contributed by atoms with Crippen LogP contribution in [0.4, 0.5) is 10.6 Å². The summed E-state index contributed by atoms with van der Waals surface area (Å²) in [5, 5.41) is 2.90. The number of amides is 2. The van der Waals surface area contributed by atoms with Crippen LogP contribution in [0.15, 0.2) is 66.7 Å². The molecule has 0 saturated carbocycles. The number of hydrogen-bond donors (Lipinski definition) is 1. The third-order valence-corrected chi connectivity index (χ3v) is 4.91. The monoisotopic (exact) mass is 471 g/mol. The lowest BCUT2D eigenvalue weighted by atomic mass is 10.0. The quantitative estimate of drug-likeness (QED) is 0.404. The van der Waals surface area contributed by atoms with Crippen LogP contribution in [0.25, 0.3) is 0 Å².